The molecule has 7 nitrogen and oxygen atoms in total. The molecule has 39 heavy (non-hydrogen) atoms. The molecule has 0 bridgehead atoms. The Kier molecular flexibility index (Phi) is 8.03. The van der Waals surface area contributed by atoms with Crippen LogP contribution in [0.5, 0.6) is 5.75 Å². The molecular formula is C28H29F3N4O3S. The lowest BCUT2D eigenvalue weighted by Crippen LogP contribution is -2.26. The molecule has 0 unspecified atom stereocenters. The number of benzene rings is 3. The highest BCUT2D eigenvalue weighted by Gasteiger charge is 2.31. The van der Waals surface area contributed by atoms with Gasteiger partial charge in [0.1, 0.15) is 5.75 Å². The van der Waals surface area contributed by atoms with Crippen LogP contribution in [0, 0.1) is 0 Å². The van der Waals surface area contributed by atoms with E-state index in [2.05, 4.69) is 10.3 Å². The summed E-state index contributed by atoms with van der Waals surface area (Å²) in [5.74, 6) is 0.673. The van der Waals surface area contributed by atoms with Crippen molar-refractivity contribution in [2.75, 3.05) is 19.5 Å². The minimum atomic E-state index is -4.46. The van der Waals surface area contributed by atoms with Crippen molar-refractivity contribution in [3.8, 4) is 17.0 Å². The first-order valence-corrected chi connectivity index (χ1v) is 13.5. The van der Waals surface area contributed by atoms with Crippen molar-refractivity contribution in [2.45, 2.75) is 30.6 Å². The lowest BCUT2D eigenvalue weighted by Gasteiger charge is -2.21. The van der Waals surface area contributed by atoms with E-state index in [0.717, 1.165) is 17.7 Å². The molecule has 4 rings (SSSR count). The lowest BCUT2D eigenvalue weighted by atomic mass is 10.0. The first kappa shape index (κ1) is 28.2. The van der Waals surface area contributed by atoms with Gasteiger partial charge in [0, 0.05) is 44.1 Å². The summed E-state index contributed by atoms with van der Waals surface area (Å²) in [6, 6.07) is 16.3. The summed E-state index contributed by atoms with van der Waals surface area (Å²) < 4.78 is 74.8. The van der Waals surface area contributed by atoms with Gasteiger partial charge in [-0.05, 0) is 60.5 Å². The number of methoxy groups -OCH3 is 1. The van der Waals surface area contributed by atoms with E-state index in [1.165, 1.54) is 29.6 Å². The van der Waals surface area contributed by atoms with Crippen LogP contribution in [0.15, 0.2) is 84.1 Å². The van der Waals surface area contributed by atoms with Gasteiger partial charge in [0.2, 0.25) is 10.0 Å². The first-order valence-electron chi connectivity index (χ1n) is 12.0. The van der Waals surface area contributed by atoms with Crippen molar-refractivity contribution in [2.24, 2.45) is 7.05 Å². The smallest absolute Gasteiger partial charge is 0.416 e. The fourth-order valence-corrected chi connectivity index (χ4v) is 5.31. The van der Waals surface area contributed by atoms with E-state index in [4.69, 9.17) is 4.74 Å². The number of sulfonamides is 1. The lowest BCUT2D eigenvalue weighted by molar-refractivity contribution is -0.137. The molecular weight excluding hydrogens is 529 g/mol. The van der Waals surface area contributed by atoms with Crippen LogP contribution >= 0.6 is 0 Å². The molecule has 11 heteroatoms. The molecule has 0 aliphatic rings. The predicted octanol–water partition coefficient (Wildman–Crippen LogP) is 6.11. The second kappa shape index (κ2) is 11.1. The highest BCUT2D eigenvalue weighted by atomic mass is 32.2. The molecule has 4 aromatic rings. The van der Waals surface area contributed by atoms with Gasteiger partial charge in [-0.1, -0.05) is 24.3 Å². The Morgan fingerprint density at radius 1 is 1.08 bits per heavy atom. The van der Waals surface area contributed by atoms with Crippen LogP contribution in [0.2, 0.25) is 0 Å². The summed E-state index contributed by atoms with van der Waals surface area (Å²) in [7, 11) is 0.970. The predicted molar refractivity (Wildman–Crippen MR) is 144 cm³/mol. The second-order valence-electron chi connectivity index (χ2n) is 9.23. The molecule has 0 saturated carbocycles. The van der Waals surface area contributed by atoms with Crippen molar-refractivity contribution >= 4 is 15.7 Å². The zero-order chi connectivity index (χ0) is 28.4. The van der Waals surface area contributed by atoms with Crippen molar-refractivity contribution in [3.63, 3.8) is 0 Å². The summed E-state index contributed by atoms with van der Waals surface area (Å²) in [6.07, 6.45) is -1.12. The van der Waals surface area contributed by atoms with E-state index >= 15 is 0 Å². The van der Waals surface area contributed by atoms with Gasteiger partial charge < -0.3 is 14.6 Å². The van der Waals surface area contributed by atoms with Gasteiger partial charge in [-0.15, -0.1) is 0 Å². The quantitative estimate of drug-likeness (QED) is 0.268. The number of halogens is 3. The van der Waals surface area contributed by atoms with Crippen LogP contribution < -0.4 is 10.1 Å². The molecule has 3 aromatic carbocycles. The molecule has 0 aliphatic carbocycles. The maximum absolute atomic E-state index is 13.5. The zero-order valence-electron chi connectivity index (χ0n) is 21.9. The SMILES string of the molecule is COc1ccc(CN(C)S(=O)(=O)c2ccc(N[C@H](C)c3cccc(C(F)(F)F)c3)c(-c3cn(C)cn3)c2)cc1. The number of anilines is 1. The Hall–Kier alpha value is -3.83. The summed E-state index contributed by atoms with van der Waals surface area (Å²) in [4.78, 5) is 4.45. The monoisotopic (exact) mass is 558 g/mol. The minimum absolute atomic E-state index is 0.0661. The van der Waals surface area contributed by atoms with Gasteiger partial charge in [-0.2, -0.15) is 17.5 Å². The third-order valence-electron chi connectivity index (χ3n) is 6.33. The Morgan fingerprint density at radius 3 is 2.41 bits per heavy atom. The van der Waals surface area contributed by atoms with Gasteiger partial charge in [0.15, 0.2) is 0 Å². The number of aromatic nitrogens is 2. The fraction of sp³-hybridized carbons (Fsp3) is 0.250. The van der Waals surface area contributed by atoms with Crippen LogP contribution in [0.1, 0.15) is 29.7 Å². The molecule has 0 aliphatic heterocycles. The topological polar surface area (TPSA) is 76.5 Å². The standard InChI is InChI=1S/C28H29F3N4O3S/c1-19(21-6-5-7-22(14-21)28(29,30)31)33-26-13-12-24(15-25(26)27-17-34(2)18-32-27)39(36,37)35(3)16-20-8-10-23(38-4)11-9-20/h5-15,17-19,33H,16H2,1-4H3/t19-/m1/s1. The molecule has 0 amide bonds. The van der Waals surface area contributed by atoms with Gasteiger partial charge >= 0.3 is 6.18 Å². The molecule has 1 heterocycles. The molecule has 1 aromatic heterocycles. The number of aryl methyl sites for hydroxylation is 1. The van der Waals surface area contributed by atoms with Crippen LogP contribution in [-0.2, 0) is 29.8 Å². The largest absolute Gasteiger partial charge is 0.497 e. The van der Waals surface area contributed by atoms with Gasteiger partial charge in [-0.25, -0.2) is 13.4 Å². The van der Waals surface area contributed by atoms with E-state index in [-0.39, 0.29) is 11.4 Å². The molecule has 0 radical (unpaired) electrons. The summed E-state index contributed by atoms with van der Waals surface area (Å²) in [6.45, 7) is 1.89. The summed E-state index contributed by atoms with van der Waals surface area (Å²) >= 11 is 0. The van der Waals surface area contributed by atoms with Crippen molar-refractivity contribution in [1.82, 2.24) is 13.9 Å². The summed E-state index contributed by atoms with van der Waals surface area (Å²) in [5, 5.41) is 3.23. The Labute approximate surface area is 225 Å². The normalized spacial score (nSPS) is 12.9. The third-order valence-corrected chi connectivity index (χ3v) is 8.13. The number of rotatable bonds is 9. The number of ether oxygens (including phenoxy) is 1. The van der Waals surface area contributed by atoms with Crippen molar-refractivity contribution in [1.29, 1.82) is 0 Å². The number of hydrogen-bond acceptors (Lipinski definition) is 5. The van der Waals surface area contributed by atoms with Crippen LogP contribution in [0.4, 0.5) is 18.9 Å². The third kappa shape index (κ3) is 6.43. The van der Waals surface area contributed by atoms with Gasteiger partial charge in [0.05, 0.1) is 29.6 Å². The van der Waals surface area contributed by atoms with E-state index in [9.17, 15) is 21.6 Å². The number of alkyl halides is 3. The minimum Gasteiger partial charge on any atom is -0.497 e. The molecule has 1 N–H and O–H groups in total. The number of hydrogen-bond donors (Lipinski definition) is 1. The Balaban J connectivity index is 1.66. The maximum Gasteiger partial charge on any atom is 0.416 e. The van der Waals surface area contributed by atoms with Gasteiger partial charge in [-0.3, -0.25) is 0 Å². The average molecular weight is 559 g/mol. The average Bonchev–Trinajstić information content (AvgIpc) is 3.34. The summed E-state index contributed by atoms with van der Waals surface area (Å²) in [5.41, 5.74) is 2.06. The first-order chi connectivity index (χ1) is 18.4. The number of nitrogens with zero attached hydrogens (tertiary/aromatic N) is 3. The molecule has 206 valence electrons. The van der Waals surface area contributed by atoms with E-state index < -0.39 is 27.8 Å². The molecule has 1 atom stereocenters. The second-order valence-corrected chi connectivity index (χ2v) is 11.3. The van der Waals surface area contributed by atoms with Crippen molar-refractivity contribution < 1.29 is 26.3 Å². The van der Waals surface area contributed by atoms with Crippen LogP contribution in [0.3, 0.4) is 0 Å². The highest BCUT2D eigenvalue weighted by molar-refractivity contribution is 7.89. The van der Waals surface area contributed by atoms with E-state index in [1.54, 1.807) is 74.6 Å². The van der Waals surface area contributed by atoms with E-state index in [0.29, 0.717) is 28.3 Å². The van der Waals surface area contributed by atoms with Gasteiger partial charge in [0.25, 0.3) is 0 Å². The maximum atomic E-state index is 13.5. The fourth-order valence-electron chi connectivity index (χ4n) is 4.13. The number of imidazole rings is 1. The van der Waals surface area contributed by atoms with Crippen LogP contribution in [0.25, 0.3) is 11.3 Å². The van der Waals surface area contributed by atoms with Crippen LogP contribution in [-0.4, -0.2) is 36.4 Å². The number of nitrogens with one attached hydrogen (secondary N) is 1. The molecule has 0 saturated heterocycles. The Morgan fingerprint density at radius 2 is 1.79 bits per heavy atom. The Bertz CT molecular complexity index is 1550. The van der Waals surface area contributed by atoms with E-state index in [1.807, 2.05) is 0 Å². The molecule has 0 fully saturated rings. The molecule has 0 spiro atoms. The zero-order valence-corrected chi connectivity index (χ0v) is 22.7. The van der Waals surface area contributed by atoms with Crippen molar-refractivity contribution in [3.05, 3.63) is 95.9 Å². The highest BCUT2D eigenvalue weighted by Crippen LogP contribution is 2.35.